The van der Waals surface area contributed by atoms with Crippen molar-refractivity contribution in [1.29, 1.82) is 0 Å². The molecule has 0 aromatic heterocycles. The lowest BCUT2D eigenvalue weighted by Crippen LogP contribution is -3.00. The standard InChI is InChI=1S/C18H40NO.BrH/c1-4-7-10-11-16-19(14-8-5-2,15-9-6-3)17-12-13-18-20;/h20H,4-18H2,1-3H3;1H/q+1;/p-1. The molecule has 3 heteroatoms. The second-order valence-electron chi connectivity index (χ2n) is 6.43. The van der Waals surface area contributed by atoms with Crippen LogP contribution in [0, 0.1) is 0 Å². The zero-order valence-electron chi connectivity index (χ0n) is 14.9. The average Bonchev–Trinajstić information content (AvgIpc) is 2.47. The molecular weight excluding hydrogens is 326 g/mol. The van der Waals surface area contributed by atoms with Crippen LogP contribution in [-0.4, -0.2) is 42.4 Å². The molecule has 0 bridgehead atoms. The molecule has 130 valence electrons. The predicted octanol–water partition coefficient (Wildman–Crippen LogP) is 1.76. The van der Waals surface area contributed by atoms with Crippen molar-refractivity contribution in [1.82, 2.24) is 0 Å². The fourth-order valence-electron chi connectivity index (χ4n) is 3.09. The van der Waals surface area contributed by atoms with Crippen molar-refractivity contribution in [2.24, 2.45) is 0 Å². The Balaban J connectivity index is 0. The number of hydrogen-bond acceptors (Lipinski definition) is 1. The maximum Gasteiger partial charge on any atom is 0.0787 e. The minimum Gasteiger partial charge on any atom is -1.00 e. The first kappa shape index (κ1) is 23.7. The van der Waals surface area contributed by atoms with E-state index in [0.29, 0.717) is 6.61 Å². The Morgan fingerprint density at radius 1 is 0.571 bits per heavy atom. The first-order valence-electron chi connectivity index (χ1n) is 9.20. The molecule has 0 amide bonds. The summed E-state index contributed by atoms with van der Waals surface area (Å²) in [7, 11) is 0. The van der Waals surface area contributed by atoms with E-state index in [4.69, 9.17) is 5.11 Å². The highest BCUT2D eigenvalue weighted by atomic mass is 79.9. The van der Waals surface area contributed by atoms with E-state index in [9.17, 15) is 0 Å². The van der Waals surface area contributed by atoms with E-state index in [2.05, 4.69) is 20.8 Å². The Bertz CT molecular complexity index is 192. The van der Waals surface area contributed by atoms with Crippen molar-refractivity contribution >= 4 is 0 Å². The van der Waals surface area contributed by atoms with Crippen LogP contribution < -0.4 is 17.0 Å². The molecule has 0 atom stereocenters. The number of nitrogens with zero attached hydrogens (tertiary/aromatic N) is 1. The summed E-state index contributed by atoms with van der Waals surface area (Å²) in [6, 6.07) is 0. The van der Waals surface area contributed by atoms with Crippen LogP contribution in [0.4, 0.5) is 0 Å². The van der Waals surface area contributed by atoms with Gasteiger partial charge in [0.05, 0.1) is 26.2 Å². The van der Waals surface area contributed by atoms with Gasteiger partial charge in [-0.2, -0.15) is 0 Å². The predicted molar refractivity (Wildman–Crippen MR) is 90.0 cm³/mol. The van der Waals surface area contributed by atoms with Crippen LogP contribution in [0.1, 0.15) is 85.0 Å². The Labute approximate surface area is 144 Å². The van der Waals surface area contributed by atoms with E-state index in [0.717, 1.165) is 6.42 Å². The molecule has 2 nitrogen and oxygen atoms in total. The fourth-order valence-corrected chi connectivity index (χ4v) is 3.09. The third-order valence-corrected chi connectivity index (χ3v) is 4.50. The SMILES string of the molecule is CCCCCC[N+](CCCC)(CCCC)CCCCO.[Br-]. The number of aliphatic hydroxyl groups is 1. The molecule has 0 aromatic rings. The molecule has 0 saturated heterocycles. The Hall–Kier alpha value is 0.400. The third kappa shape index (κ3) is 12.6. The zero-order chi connectivity index (χ0) is 15.1. The van der Waals surface area contributed by atoms with Crippen molar-refractivity contribution in [2.75, 3.05) is 32.8 Å². The topological polar surface area (TPSA) is 20.2 Å². The molecule has 0 unspecified atom stereocenters. The summed E-state index contributed by atoms with van der Waals surface area (Å²) in [4.78, 5) is 0. The number of aliphatic hydroxyl groups excluding tert-OH is 1. The Morgan fingerprint density at radius 2 is 1.00 bits per heavy atom. The van der Waals surface area contributed by atoms with Gasteiger partial charge in [-0.25, -0.2) is 0 Å². The summed E-state index contributed by atoms with van der Waals surface area (Å²) in [6.45, 7) is 12.6. The highest BCUT2D eigenvalue weighted by Gasteiger charge is 2.25. The number of hydrogen-bond donors (Lipinski definition) is 1. The lowest BCUT2D eigenvalue weighted by molar-refractivity contribution is -0.929. The molecule has 0 spiro atoms. The van der Waals surface area contributed by atoms with Gasteiger partial charge in [0.15, 0.2) is 0 Å². The normalized spacial score (nSPS) is 11.4. The molecule has 0 aliphatic rings. The van der Waals surface area contributed by atoms with Crippen molar-refractivity contribution in [3.8, 4) is 0 Å². The summed E-state index contributed by atoms with van der Waals surface area (Å²) < 4.78 is 1.32. The van der Waals surface area contributed by atoms with E-state index >= 15 is 0 Å². The molecule has 1 N–H and O–H groups in total. The summed E-state index contributed by atoms with van der Waals surface area (Å²) in [6.07, 6.45) is 13.0. The minimum atomic E-state index is 0. The van der Waals surface area contributed by atoms with E-state index in [-0.39, 0.29) is 17.0 Å². The molecule has 21 heavy (non-hydrogen) atoms. The summed E-state index contributed by atoms with van der Waals surface area (Å²) in [5.41, 5.74) is 0. The summed E-state index contributed by atoms with van der Waals surface area (Å²) in [5.74, 6) is 0. The van der Waals surface area contributed by atoms with Gasteiger partial charge in [0.1, 0.15) is 0 Å². The quantitative estimate of drug-likeness (QED) is 0.346. The molecule has 0 rings (SSSR count). The first-order valence-corrected chi connectivity index (χ1v) is 9.20. The molecular formula is C18H40BrNO. The number of quaternary nitrogens is 1. The smallest absolute Gasteiger partial charge is 0.0787 e. The van der Waals surface area contributed by atoms with E-state index in [1.165, 1.54) is 88.4 Å². The number of rotatable bonds is 15. The second-order valence-corrected chi connectivity index (χ2v) is 6.43. The van der Waals surface area contributed by atoms with Crippen molar-refractivity contribution in [3.05, 3.63) is 0 Å². The second kappa shape index (κ2) is 16.8. The average molecular weight is 366 g/mol. The van der Waals surface area contributed by atoms with Crippen LogP contribution in [0.15, 0.2) is 0 Å². The largest absolute Gasteiger partial charge is 1.00 e. The Kier molecular flexibility index (Phi) is 18.9. The van der Waals surface area contributed by atoms with Crippen LogP contribution in [0.25, 0.3) is 0 Å². The molecule has 0 radical (unpaired) electrons. The maximum absolute atomic E-state index is 9.05. The van der Waals surface area contributed by atoms with Gasteiger partial charge in [0.25, 0.3) is 0 Å². The van der Waals surface area contributed by atoms with Crippen molar-refractivity contribution in [3.63, 3.8) is 0 Å². The van der Waals surface area contributed by atoms with Gasteiger partial charge < -0.3 is 26.6 Å². The number of halogens is 1. The molecule has 0 fully saturated rings. The highest BCUT2D eigenvalue weighted by molar-refractivity contribution is 4.51. The van der Waals surface area contributed by atoms with Gasteiger partial charge in [-0.1, -0.05) is 46.5 Å². The highest BCUT2D eigenvalue weighted by Crippen LogP contribution is 2.17. The number of unbranched alkanes of at least 4 members (excludes halogenated alkanes) is 6. The lowest BCUT2D eigenvalue weighted by atomic mass is 10.1. The maximum atomic E-state index is 9.05. The fraction of sp³-hybridized carbons (Fsp3) is 1.00. The molecule has 0 aliphatic carbocycles. The van der Waals surface area contributed by atoms with Crippen molar-refractivity contribution < 1.29 is 26.6 Å². The van der Waals surface area contributed by atoms with E-state index < -0.39 is 0 Å². The van der Waals surface area contributed by atoms with Crippen LogP contribution in [0.3, 0.4) is 0 Å². The van der Waals surface area contributed by atoms with Gasteiger partial charge >= 0.3 is 0 Å². The zero-order valence-corrected chi connectivity index (χ0v) is 16.5. The molecule has 0 heterocycles. The van der Waals surface area contributed by atoms with Gasteiger partial charge in [0.2, 0.25) is 0 Å². The van der Waals surface area contributed by atoms with Crippen LogP contribution in [-0.2, 0) is 0 Å². The van der Waals surface area contributed by atoms with E-state index in [1.807, 2.05) is 0 Å². The minimum absolute atomic E-state index is 0. The first-order chi connectivity index (χ1) is 9.74. The Morgan fingerprint density at radius 3 is 1.43 bits per heavy atom. The summed E-state index contributed by atoms with van der Waals surface area (Å²) in [5, 5.41) is 9.05. The molecule has 0 aromatic carbocycles. The lowest BCUT2D eigenvalue weighted by Gasteiger charge is -2.39. The van der Waals surface area contributed by atoms with E-state index in [1.54, 1.807) is 0 Å². The summed E-state index contributed by atoms with van der Waals surface area (Å²) >= 11 is 0. The van der Waals surface area contributed by atoms with Crippen LogP contribution in [0.2, 0.25) is 0 Å². The van der Waals surface area contributed by atoms with Gasteiger partial charge in [-0.05, 0) is 38.5 Å². The monoisotopic (exact) mass is 365 g/mol. The van der Waals surface area contributed by atoms with Gasteiger partial charge in [-0.15, -0.1) is 0 Å². The third-order valence-electron chi connectivity index (χ3n) is 4.50. The van der Waals surface area contributed by atoms with Crippen molar-refractivity contribution in [2.45, 2.75) is 85.0 Å². The van der Waals surface area contributed by atoms with Gasteiger partial charge in [-0.3, -0.25) is 0 Å². The van der Waals surface area contributed by atoms with Gasteiger partial charge in [0, 0.05) is 6.61 Å². The van der Waals surface area contributed by atoms with Crippen LogP contribution in [0.5, 0.6) is 0 Å². The molecule has 0 saturated carbocycles. The molecule has 0 aliphatic heterocycles. The van der Waals surface area contributed by atoms with Crippen LogP contribution >= 0.6 is 0 Å².